The van der Waals surface area contributed by atoms with E-state index >= 15 is 0 Å². The topological polar surface area (TPSA) is 32.3 Å². The van der Waals surface area contributed by atoms with Crippen LogP contribution in [-0.2, 0) is 4.79 Å². The van der Waals surface area contributed by atoms with Crippen LogP contribution in [0.15, 0.2) is 0 Å². The van der Waals surface area contributed by atoms with Crippen LogP contribution < -0.4 is 5.32 Å². The predicted molar refractivity (Wildman–Crippen MR) is 71.9 cm³/mol. The molecule has 0 aromatic rings. The Bertz CT molecular complexity index is 270. The third kappa shape index (κ3) is 3.44. The minimum atomic E-state index is 0.0125. The van der Waals surface area contributed by atoms with E-state index in [1.807, 2.05) is 11.9 Å². The molecule has 1 amide bonds. The van der Waals surface area contributed by atoms with Gasteiger partial charge in [0.05, 0.1) is 6.04 Å². The summed E-state index contributed by atoms with van der Waals surface area (Å²) in [7, 11) is 1.93. The second-order valence-corrected chi connectivity index (χ2v) is 6.54. The average molecular weight is 240 g/mol. The molecular formula is C14H28N2O. The van der Waals surface area contributed by atoms with Crippen molar-refractivity contribution in [2.45, 2.75) is 59.5 Å². The van der Waals surface area contributed by atoms with Crippen molar-refractivity contribution in [1.29, 1.82) is 0 Å². The SMILES string of the molecule is CC1CCCNC1C(=O)N(C)C(C)C(C)(C)C. The zero-order valence-corrected chi connectivity index (χ0v) is 12.2. The van der Waals surface area contributed by atoms with E-state index in [-0.39, 0.29) is 23.4 Å². The lowest BCUT2D eigenvalue weighted by atomic mass is 9.85. The number of carbonyl (C=O) groups is 1. The number of piperidine rings is 1. The fourth-order valence-electron chi connectivity index (χ4n) is 2.37. The smallest absolute Gasteiger partial charge is 0.239 e. The van der Waals surface area contributed by atoms with Crippen LogP contribution in [0.3, 0.4) is 0 Å². The molecule has 1 saturated heterocycles. The zero-order valence-electron chi connectivity index (χ0n) is 12.2. The molecule has 0 spiro atoms. The average Bonchev–Trinajstić information content (AvgIpc) is 2.25. The van der Waals surface area contributed by atoms with Crippen LogP contribution >= 0.6 is 0 Å². The first-order valence-electron chi connectivity index (χ1n) is 6.75. The van der Waals surface area contributed by atoms with Gasteiger partial charge in [-0.2, -0.15) is 0 Å². The molecule has 0 aliphatic carbocycles. The van der Waals surface area contributed by atoms with E-state index in [0.717, 1.165) is 13.0 Å². The zero-order chi connectivity index (χ0) is 13.2. The van der Waals surface area contributed by atoms with Gasteiger partial charge in [0, 0.05) is 13.1 Å². The van der Waals surface area contributed by atoms with Gasteiger partial charge in [-0.15, -0.1) is 0 Å². The second kappa shape index (κ2) is 5.38. The van der Waals surface area contributed by atoms with Gasteiger partial charge in [0.25, 0.3) is 0 Å². The molecule has 0 radical (unpaired) electrons. The van der Waals surface area contributed by atoms with Gasteiger partial charge in [-0.25, -0.2) is 0 Å². The number of rotatable bonds is 2. The standard InChI is InChI=1S/C14H28N2O/c1-10-8-7-9-15-12(10)13(17)16(6)11(2)14(3,4)5/h10-12,15H,7-9H2,1-6H3. The molecule has 3 heteroatoms. The number of likely N-dealkylation sites (N-methyl/N-ethyl adjacent to an activating group) is 1. The first-order valence-corrected chi connectivity index (χ1v) is 6.75. The number of amides is 1. The highest BCUT2D eigenvalue weighted by Crippen LogP contribution is 2.25. The van der Waals surface area contributed by atoms with Crippen LogP contribution in [0.2, 0.25) is 0 Å². The Balaban J connectivity index is 2.68. The van der Waals surface area contributed by atoms with Gasteiger partial charge < -0.3 is 10.2 Å². The summed E-state index contributed by atoms with van der Waals surface area (Å²) in [5.41, 5.74) is 0.127. The molecule has 1 N–H and O–H groups in total. The molecule has 1 heterocycles. The molecule has 1 aliphatic heterocycles. The fourth-order valence-corrected chi connectivity index (χ4v) is 2.37. The molecule has 3 unspecified atom stereocenters. The Morgan fingerprint density at radius 2 is 2.00 bits per heavy atom. The van der Waals surface area contributed by atoms with Gasteiger partial charge in [-0.05, 0) is 37.6 Å². The van der Waals surface area contributed by atoms with Crippen LogP contribution in [0.4, 0.5) is 0 Å². The van der Waals surface area contributed by atoms with Gasteiger partial charge in [-0.3, -0.25) is 4.79 Å². The van der Waals surface area contributed by atoms with E-state index < -0.39 is 0 Å². The summed E-state index contributed by atoms with van der Waals surface area (Å²) in [6, 6.07) is 0.268. The van der Waals surface area contributed by atoms with E-state index in [2.05, 4.69) is 39.9 Å². The summed E-state index contributed by atoms with van der Waals surface area (Å²) in [4.78, 5) is 14.4. The quantitative estimate of drug-likeness (QED) is 0.803. The lowest BCUT2D eigenvalue weighted by molar-refractivity contribution is -0.137. The molecule has 0 aromatic heterocycles. The van der Waals surface area contributed by atoms with Gasteiger partial charge in [0.2, 0.25) is 5.91 Å². The Labute approximate surface area is 106 Å². The summed E-state index contributed by atoms with van der Waals surface area (Å²) in [5.74, 6) is 0.700. The summed E-state index contributed by atoms with van der Waals surface area (Å²) in [6.07, 6.45) is 2.34. The Hall–Kier alpha value is -0.570. The van der Waals surface area contributed by atoms with Crippen molar-refractivity contribution in [3.63, 3.8) is 0 Å². The molecule has 0 aromatic carbocycles. The summed E-state index contributed by atoms with van der Waals surface area (Å²) in [5, 5.41) is 3.36. The number of carbonyl (C=O) groups excluding carboxylic acids is 1. The first-order chi connectivity index (χ1) is 7.75. The highest BCUT2D eigenvalue weighted by molar-refractivity contribution is 5.82. The van der Waals surface area contributed by atoms with Crippen molar-refractivity contribution in [2.24, 2.45) is 11.3 Å². The second-order valence-electron chi connectivity index (χ2n) is 6.54. The Morgan fingerprint density at radius 1 is 1.41 bits per heavy atom. The summed E-state index contributed by atoms with van der Waals surface area (Å²) in [6.45, 7) is 11.8. The van der Waals surface area contributed by atoms with Gasteiger partial charge in [0.1, 0.15) is 0 Å². The molecule has 1 fully saturated rings. The molecule has 0 saturated carbocycles. The minimum Gasteiger partial charge on any atom is -0.341 e. The molecule has 1 aliphatic rings. The van der Waals surface area contributed by atoms with E-state index in [1.54, 1.807) is 0 Å². The largest absolute Gasteiger partial charge is 0.341 e. The number of hydrogen-bond donors (Lipinski definition) is 1. The molecular weight excluding hydrogens is 212 g/mol. The van der Waals surface area contributed by atoms with Crippen molar-refractivity contribution in [3.8, 4) is 0 Å². The maximum atomic E-state index is 12.5. The highest BCUT2D eigenvalue weighted by Gasteiger charge is 2.34. The van der Waals surface area contributed by atoms with Gasteiger partial charge in [0.15, 0.2) is 0 Å². The van der Waals surface area contributed by atoms with E-state index in [1.165, 1.54) is 6.42 Å². The summed E-state index contributed by atoms with van der Waals surface area (Å²) < 4.78 is 0. The van der Waals surface area contributed by atoms with E-state index in [0.29, 0.717) is 5.92 Å². The minimum absolute atomic E-state index is 0.0125. The van der Waals surface area contributed by atoms with Crippen molar-refractivity contribution >= 4 is 5.91 Å². The van der Waals surface area contributed by atoms with E-state index in [4.69, 9.17) is 0 Å². The number of nitrogens with one attached hydrogen (secondary N) is 1. The third-order valence-corrected chi connectivity index (χ3v) is 4.22. The Morgan fingerprint density at radius 3 is 2.47 bits per heavy atom. The monoisotopic (exact) mass is 240 g/mol. The molecule has 0 bridgehead atoms. The predicted octanol–water partition coefficient (Wildman–Crippen LogP) is 2.27. The molecule has 1 rings (SSSR count). The maximum absolute atomic E-state index is 12.5. The molecule has 3 atom stereocenters. The highest BCUT2D eigenvalue weighted by atomic mass is 16.2. The van der Waals surface area contributed by atoms with Crippen LogP contribution in [0.25, 0.3) is 0 Å². The molecule has 100 valence electrons. The van der Waals surface area contributed by atoms with Gasteiger partial charge >= 0.3 is 0 Å². The van der Waals surface area contributed by atoms with Crippen LogP contribution in [0.1, 0.15) is 47.5 Å². The van der Waals surface area contributed by atoms with Crippen molar-refractivity contribution in [2.75, 3.05) is 13.6 Å². The van der Waals surface area contributed by atoms with Gasteiger partial charge in [-0.1, -0.05) is 27.7 Å². The van der Waals surface area contributed by atoms with Crippen molar-refractivity contribution < 1.29 is 4.79 Å². The van der Waals surface area contributed by atoms with Crippen LogP contribution in [0, 0.1) is 11.3 Å². The maximum Gasteiger partial charge on any atom is 0.239 e. The number of nitrogens with zero attached hydrogens (tertiary/aromatic N) is 1. The third-order valence-electron chi connectivity index (χ3n) is 4.22. The van der Waals surface area contributed by atoms with E-state index in [9.17, 15) is 4.79 Å². The van der Waals surface area contributed by atoms with Crippen LogP contribution in [-0.4, -0.2) is 36.5 Å². The van der Waals surface area contributed by atoms with Crippen molar-refractivity contribution in [1.82, 2.24) is 10.2 Å². The number of hydrogen-bond acceptors (Lipinski definition) is 2. The van der Waals surface area contributed by atoms with Crippen molar-refractivity contribution in [3.05, 3.63) is 0 Å². The molecule has 17 heavy (non-hydrogen) atoms. The van der Waals surface area contributed by atoms with Crippen LogP contribution in [0.5, 0.6) is 0 Å². The first kappa shape index (κ1) is 14.5. The summed E-state index contributed by atoms with van der Waals surface area (Å²) >= 11 is 0. The lowest BCUT2D eigenvalue weighted by Gasteiger charge is -2.39. The Kier molecular flexibility index (Phi) is 4.59. The normalized spacial score (nSPS) is 27.6. The molecule has 3 nitrogen and oxygen atoms in total. The lowest BCUT2D eigenvalue weighted by Crippen LogP contribution is -2.55. The fraction of sp³-hybridized carbons (Fsp3) is 0.929.